The van der Waals surface area contributed by atoms with Crippen LogP contribution in [0.4, 0.5) is 0 Å². The lowest BCUT2D eigenvalue weighted by molar-refractivity contribution is -0.116. The quantitative estimate of drug-likeness (QED) is 0.702. The molecule has 0 aliphatic rings. The lowest BCUT2D eigenvalue weighted by Gasteiger charge is -2.06. The van der Waals surface area contributed by atoms with Crippen molar-refractivity contribution in [3.63, 3.8) is 0 Å². The maximum absolute atomic E-state index is 11.9. The number of nitrogens with one attached hydrogen (secondary N) is 1. The zero-order valence-electron chi connectivity index (χ0n) is 14.2. The second-order valence-corrected chi connectivity index (χ2v) is 6.01. The Hall–Kier alpha value is -3.14. The Morgan fingerprint density at radius 3 is 2.48 bits per heavy atom. The number of carbonyl (C=O) groups excluding carboxylic acids is 1. The minimum Gasteiger partial charge on any atom is -0.348 e. The van der Waals surface area contributed by atoms with E-state index in [0.29, 0.717) is 6.54 Å². The fourth-order valence-electron chi connectivity index (χ4n) is 2.45. The molecule has 0 unspecified atom stereocenters. The Balaban J connectivity index is 1.49. The van der Waals surface area contributed by atoms with Crippen molar-refractivity contribution < 1.29 is 4.79 Å². The van der Waals surface area contributed by atoms with Crippen LogP contribution in [0.2, 0.25) is 0 Å². The Labute approximate surface area is 147 Å². The van der Waals surface area contributed by atoms with Crippen LogP contribution in [0.1, 0.15) is 22.3 Å². The Morgan fingerprint density at radius 2 is 1.80 bits per heavy atom. The van der Waals surface area contributed by atoms with Crippen LogP contribution in [0.25, 0.3) is 6.08 Å². The molecule has 3 aromatic rings. The molecule has 4 nitrogen and oxygen atoms in total. The lowest BCUT2D eigenvalue weighted by Crippen LogP contribution is -2.20. The molecule has 1 aromatic heterocycles. The third-order valence-corrected chi connectivity index (χ3v) is 3.92. The van der Waals surface area contributed by atoms with Crippen molar-refractivity contribution >= 4 is 12.0 Å². The maximum Gasteiger partial charge on any atom is 0.244 e. The van der Waals surface area contributed by atoms with Crippen molar-refractivity contribution in [1.82, 2.24) is 14.9 Å². The predicted octanol–water partition coefficient (Wildman–Crippen LogP) is 3.57. The maximum atomic E-state index is 11.9. The average molecular weight is 331 g/mol. The number of nitrogens with zero attached hydrogens (tertiary/aromatic N) is 2. The highest BCUT2D eigenvalue weighted by Crippen LogP contribution is 2.07. The van der Waals surface area contributed by atoms with Crippen LogP contribution in [0.5, 0.6) is 0 Å². The molecule has 1 heterocycles. The number of hydrogen-bond acceptors (Lipinski definition) is 2. The van der Waals surface area contributed by atoms with Crippen LogP contribution in [-0.2, 0) is 17.9 Å². The van der Waals surface area contributed by atoms with Crippen molar-refractivity contribution in [2.24, 2.45) is 0 Å². The van der Waals surface area contributed by atoms with Gasteiger partial charge in [0, 0.05) is 31.6 Å². The van der Waals surface area contributed by atoms with Gasteiger partial charge in [0.1, 0.15) is 0 Å². The van der Waals surface area contributed by atoms with Gasteiger partial charge in [-0.05, 0) is 29.7 Å². The summed E-state index contributed by atoms with van der Waals surface area (Å²) in [5, 5.41) is 2.90. The van der Waals surface area contributed by atoms with Gasteiger partial charge in [-0.1, -0.05) is 54.1 Å². The van der Waals surface area contributed by atoms with Crippen LogP contribution in [-0.4, -0.2) is 15.5 Å². The van der Waals surface area contributed by atoms with E-state index >= 15 is 0 Å². The summed E-state index contributed by atoms with van der Waals surface area (Å²) in [5.41, 5.74) is 4.50. The third kappa shape index (κ3) is 5.18. The van der Waals surface area contributed by atoms with Gasteiger partial charge in [-0.15, -0.1) is 0 Å². The first kappa shape index (κ1) is 16.7. The molecule has 0 atom stereocenters. The van der Waals surface area contributed by atoms with E-state index in [1.54, 1.807) is 18.6 Å². The number of carbonyl (C=O) groups is 1. The van der Waals surface area contributed by atoms with Gasteiger partial charge >= 0.3 is 0 Å². The van der Waals surface area contributed by atoms with Crippen molar-refractivity contribution in [2.75, 3.05) is 0 Å². The van der Waals surface area contributed by atoms with E-state index < -0.39 is 0 Å². The first-order valence-corrected chi connectivity index (χ1v) is 8.25. The van der Waals surface area contributed by atoms with Gasteiger partial charge in [0.15, 0.2) is 0 Å². The molecule has 0 bridgehead atoms. The number of rotatable bonds is 6. The second-order valence-electron chi connectivity index (χ2n) is 6.01. The summed E-state index contributed by atoms with van der Waals surface area (Å²) in [6.45, 7) is 3.36. The zero-order chi connectivity index (χ0) is 17.5. The fourth-order valence-corrected chi connectivity index (χ4v) is 2.45. The number of amides is 1. The summed E-state index contributed by atoms with van der Waals surface area (Å²) in [6.07, 6.45) is 8.90. The van der Waals surface area contributed by atoms with Crippen LogP contribution in [0, 0.1) is 6.92 Å². The molecule has 4 heteroatoms. The molecule has 1 N–H and O–H groups in total. The SMILES string of the molecule is Cc1ccc(/C=C/C(=O)NCc2ccc(Cn3ccnc3)cc2)cc1. The van der Waals surface area contributed by atoms with E-state index in [9.17, 15) is 4.79 Å². The van der Waals surface area contributed by atoms with Gasteiger partial charge in [0.05, 0.1) is 6.33 Å². The van der Waals surface area contributed by atoms with Crippen LogP contribution >= 0.6 is 0 Å². The number of aromatic nitrogens is 2. The summed E-state index contributed by atoms with van der Waals surface area (Å²) in [6, 6.07) is 16.3. The van der Waals surface area contributed by atoms with Crippen molar-refractivity contribution in [3.05, 3.63) is 95.6 Å². The average Bonchev–Trinajstić information content (AvgIpc) is 3.14. The summed E-state index contributed by atoms with van der Waals surface area (Å²) in [4.78, 5) is 16.0. The Kier molecular flexibility index (Phi) is 5.42. The minimum absolute atomic E-state index is 0.0944. The summed E-state index contributed by atoms with van der Waals surface area (Å²) < 4.78 is 2.02. The second kappa shape index (κ2) is 8.11. The lowest BCUT2D eigenvalue weighted by atomic mass is 10.1. The predicted molar refractivity (Wildman–Crippen MR) is 99.8 cm³/mol. The molecule has 0 saturated carbocycles. The molecule has 0 aliphatic heterocycles. The molecule has 0 aliphatic carbocycles. The van der Waals surface area contributed by atoms with Crippen molar-refractivity contribution in [3.8, 4) is 0 Å². The van der Waals surface area contributed by atoms with Gasteiger partial charge in [-0.25, -0.2) is 4.98 Å². The zero-order valence-corrected chi connectivity index (χ0v) is 14.2. The standard InChI is InChI=1S/C21H21N3O/c1-17-2-4-18(5-3-17)10-11-21(25)23-14-19-6-8-20(9-7-19)15-24-13-12-22-16-24/h2-13,16H,14-15H2,1H3,(H,23,25)/b11-10+. The fraction of sp³-hybridized carbons (Fsp3) is 0.143. The summed E-state index contributed by atoms with van der Waals surface area (Å²) in [7, 11) is 0. The van der Waals surface area contributed by atoms with E-state index in [2.05, 4.69) is 22.4 Å². The molecule has 1 amide bonds. The minimum atomic E-state index is -0.0944. The molecule has 3 rings (SSSR count). The van der Waals surface area contributed by atoms with E-state index in [1.807, 2.05) is 60.2 Å². The molecule has 0 spiro atoms. The van der Waals surface area contributed by atoms with Gasteiger partial charge < -0.3 is 9.88 Å². The van der Waals surface area contributed by atoms with Crippen molar-refractivity contribution in [1.29, 1.82) is 0 Å². The highest BCUT2D eigenvalue weighted by Gasteiger charge is 1.99. The molecule has 2 aromatic carbocycles. The van der Waals surface area contributed by atoms with E-state index in [0.717, 1.165) is 17.7 Å². The molecule has 0 saturated heterocycles. The Bertz CT molecular complexity index is 832. The Morgan fingerprint density at radius 1 is 1.08 bits per heavy atom. The monoisotopic (exact) mass is 331 g/mol. The van der Waals surface area contributed by atoms with Gasteiger partial charge in [-0.3, -0.25) is 4.79 Å². The largest absolute Gasteiger partial charge is 0.348 e. The summed E-state index contributed by atoms with van der Waals surface area (Å²) in [5.74, 6) is -0.0944. The van der Waals surface area contributed by atoms with Crippen LogP contribution < -0.4 is 5.32 Å². The molecule has 25 heavy (non-hydrogen) atoms. The molecular formula is C21H21N3O. The first-order valence-electron chi connectivity index (χ1n) is 8.25. The van der Waals surface area contributed by atoms with Crippen LogP contribution in [0.15, 0.2) is 73.3 Å². The number of hydrogen-bond donors (Lipinski definition) is 1. The highest BCUT2D eigenvalue weighted by molar-refractivity contribution is 5.91. The molecule has 0 fully saturated rings. The molecule has 126 valence electrons. The number of imidazole rings is 1. The van der Waals surface area contributed by atoms with E-state index in [4.69, 9.17) is 0 Å². The topological polar surface area (TPSA) is 46.9 Å². The first-order chi connectivity index (χ1) is 12.2. The summed E-state index contributed by atoms with van der Waals surface area (Å²) >= 11 is 0. The highest BCUT2D eigenvalue weighted by atomic mass is 16.1. The third-order valence-electron chi connectivity index (χ3n) is 3.92. The molecular weight excluding hydrogens is 310 g/mol. The van der Waals surface area contributed by atoms with E-state index in [-0.39, 0.29) is 5.91 Å². The van der Waals surface area contributed by atoms with Gasteiger partial charge in [0.2, 0.25) is 5.91 Å². The number of aryl methyl sites for hydroxylation is 1. The number of benzene rings is 2. The van der Waals surface area contributed by atoms with E-state index in [1.165, 1.54) is 11.1 Å². The van der Waals surface area contributed by atoms with Crippen molar-refractivity contribution in [2.45, 2.75) is 20.0 Å². The molecule has 0 radical (unpaired) electrons. The van der Waals surface area contributed by atoms with Gasteiger partial charge in [0.25, 0.3) is 0 Å². The van der Waals surface area contributed by atoms with Gasteiger partial charge in [-0.2, -0.15) is 0 Å². The normalized spacial score (nSPS) is 10.9. The smallest absolute Gasteiger partial charge is 0.244 e. The van der Waals surface area contributed by atoms with Crippen LogP contribution in [0.3, 0.4) is 0 Å².